The summed E-state index contributed by atoms with van der Waals surface area (Å²) in [6, 6.07) is 4.17. The van der Waals surface area contributed by atoms with Crippen molar-refractivity contribution in [3.05, 3.63) is 34.6 Å². The minimum atomic E-state index is -0.538. The first-order chi connectivity index (χ1) is 7.71. The average molecular weight is 257 g/mol. The lowest BCUT2D eigenvalue weighted by molar-refractivity contribution is 0.0923. The van der Waals surface area contributed by atoms with Crippen LogP contribution in [0.2, 0.25) is 5.02 Å². The topological polar surface area (TPSA) is 17.1 Å². The fourth-order valence-corrected chi connectivity index (χ4v) is 1.57. The van der Waals surface area contributed by atoms with Gasteiger partial charge in [0.1, 0.15) is 5.82 Å². The Labute approximate surface area is 107 Å². The number of hydrogen-bond acceptors (Lipinski definition) is 1. The Balaban J connectivity index is 2.84. The third-order valence-corrected chi connectivity index (χ3v) is 3.44. The Morgan fingerprint density at radius 2 is 2.00 bits per heavy atom. The Hall–Kier alpha value is -0.890. The van der Waals surface area contributed by atoms with Crippen molar-refractivity contribution in [1.29, 1.82) is 0 Å². The molecule has 0 aliphatic heterocycles. The van der Waals surface area contributed by atoms with Crippen LogP contribution in [0.25, 0.3) is 0 Å². The molecule has 0 amide bonds. The molecule has 0 spiro atoms. The monoisotopic (exact) mass is 256 g/mol. The zero-order chi connectivity index (χ0) is 13.2. The molecule has 0 N–H and O–H groups in total. The van der Waals surface area contributed by atoms with Gasteiger partial charge in [-0.15, -0.1) is 0 Å². The summed E-state index contributed by atoms with van der Waals surface area (Å²) < 4.78 is 13.5. The van der Waals surface area contributed by atoms with Crippen LogP contribution in [0.1, 0.15) is 44.5 Å². The molecule has 3 heteroatoms. The third kappa shape index (κ3) is 3.81. The molecule has 0 radical (unpaired) electrons. The lowest BCUT2D eigenvalue weighted by Gasteiger charge is -2.26. The summed E-state index contributed by atoms with van der Waals surface area (Å²) in [5.41, 5.74) is 0.170. The van der Waals surface area contributed by atoms with E-state index in [1.165, 1.54) is 12.1 Å². The highest BCUT2D eigenvalue weighted by atomic mass is 35.5. The molecule has 0 saturated carbocycles. The van der Waals surface area contributed by atoms with E-state index in [1.54, 1.807) is 6.07 Å². The normalized spacial score (nSPS) is 13.5. The lowest BCUT2D eigenvalue weighted by Crippen LogP contribution is -2.21. The van der Waals surface area contributed by atoms with Gasteiger partial charge in [0.05, 0.1) is 5.56 Å². The highest BCUT2D eigenvalue weighted by Crippen LogP contribution is 2.29. The molecule has 17 heavy (non-hydrogen) atoms. The molecule has 0 aliphatic rings. The maximum absolute atomic E-state index is 13.5. The van der Waals surface area contributed by atoms with Crippen LogP contribution in [0.15, 0.2) is 18.2 Å². The van der Waals surface area contributed by atoms with Gasteiger partial charge in [-0.3, -0.25) is 4.79 Å². The summed E-state index contributed by atoms with van der Waals surface area (Å²) in [6.45, 7) is 8.22. The van der Waals surface area contributed by atoms with Gasteiger partial charge in [0.15, 0.2) is 5.78 Å². The Kier molecular flexibility index (Phi) is 4.31. The predicted octanol–water partition coefficient (Wildman–Crippen LogP) is 4.73. The Morgan fingerprint density at radius 1 is 1.41 bits per heavy atom. The van der Waals surface area contributed by atoms with Gasteiger partial charge in [-0.25, -0.2) is 4.39 Å². The van der Waals surface area contributed by atoms with Crippen LogP contribution in [0.3, 0.4) is 0 Å². The van der Waals surface area contributed by atoms with E-state index in [0.717, 1.165) is 0 Å². The van der Waals surface area contributed by atoms with Crippen molar-refractivity contribution in [2.75, 3.05) is 0 Å². The van der Waals surface area contributed by atoms with E-state index in [2.05, 4.69) is 20.8 Å². The molecule has 0 fully saturated rings. The summed E-state index contributed by atoms with van der Waals surface area (Å²) in [5, 5.41) is 0.308. The second-order valence-electron chi connectivity index (χ2n) is 5.52. The molecular formula is C14H18ClFO. The van der Waals surface area contributed by atoms with Gasteiger partial charge >= 0.3 is 0 Å². The van der Waals surface area contributed by atoms with Gasteiger partial charge in [-0.05, 0) is 29.5 Å². The number of Topliss-reactive ketones (excluding diaryl/α,β-unsaturated/α-hetero) is 1. The molecule has 1 atom stereocenters. The van der Waals surface area contributed by atoms with Crippen molar-refractivity contribution in [1.82, 2.24) is 0 Å². The fourth-order valence-electron chi connectivity index (χ4n) is 1.41. The van der Waals surface area contributed by atoms with Gasteiger partial charge in [-0.1, -0.05) is 39.3 Å². The van der Waals surface area contributed by atoms with Crippen LogP contribution < -0.4 is 0 Å². The standard InChI is InChI=1S/C14H18ClFO/c1-9(14(2,3)4)7-13(17)11-6-5-10(15)8-12(11)16/h5-6,8-9H,7H2,1-4H3. The van der Waals surface area contributed by atoms with Crippen LogP contribution >= 0.6 is 11.6 Å². The number of hydrogen-bond donors (Lipinski definition) is 0. The van der Waals surface area contributed by atoms with Crippen LogP contribution in [0.4, 0.5) is 4.39 Å². The van der Waals surface area contributed by atoms with Crippen molar-refractivity contribution in [3.8, 4) is 0 Å². The maximum atomic E-state index is 13.5. The van der Waals surface area contributed by atoms with E-state index in [9.17, 15) is 9.18 Å². The van der Waals surface area contributed by atoms with Crippen LogP contribution in [-0.4, -0.2) is 5.78 Å². The van der Waals surface area contributed by atoms with E-state index >= 15 is 0 Å². The molecule has 94 valence electrons. The molecular weight excluding hydrogens is 239 g/mol. The van der Waals surface area contributed by atoms with Crippen molar-refractivity contribution < 1.29 is 9.18 Å². The molecule has 0 aromatic heterocycles. The second-order valence-corrected chi connectivity index (χ2v) is 5.95. The molecule has 1 unspecified atom stereocenters. The van der Waals surface area contributed by atoms with Crippen molar-refractivity contribution >= 4 is 17.4 Å². The Bertz CT molecular complexity index is 421. The van der Waals surface area contributed by atoms with Crippen molar-refractivity contribution in [2.45, 2.75) is 34.1 Å². The van der Waals surface area contributed by atoms with Gasteiger partial charge < -0.3 is 0 Å². The molecule has 1 rings (SSSR count). The number of carbonyl (C=O) groups excluding carboxylic acids is 1. The van der Waals surface area contributed by atoms with E-state index in [-0.39, 0.29) is 22.7 Å². The Morgan fingerprint density at radius 3 is 2.47 bits per heavy atom. The number of ketones is 1. The third-order valence-electron chi connectivity index (χ3n) is 3.20. The number of benzene rings is 1. The molecule has 1 aromatic carbocycles. The fraction of sp³-hybridized carbons (Fsp3) is 0.500. The molecule has 1 nitrogen and oxygen atoms in total. The zero-order valence-electron chi connectivity index (χ0n) is 10.7. The summed E-state index contributed by atoms with van der Waals surface area (Å²) in [7, 11) is 0. The highest BCUT2D eigenvalue weighted by Gasteiger charge is 2.24. The van der Waals surface area contributed by atoms with Gasteiger partial charge in [0, 0.05) is 11.4 Å². The first-order valence-electron chi connectivity index (χ1n) is 5.70. The van der Waals surface area contributed by atoms with E-state index in [4.69, 9.17) is 11.6 Å². The quantitative estimate of drug-likeness (QED) is 0.715. The van der Waals surface area contributed by atoms with Crippen molar-refractivity contribution in [2.24, 2.45) is 11.3 Å². The first-order valence-corrected chi connectivity index (χ1v) is 6.08. The molecule has 0 bridgehead atoms. The maximum Gasteiger partial charge on any atom is 0.166 e. The summed E-state index contributed by atoms with van der Waals surface area (Å²) in [5.74, 6) is -0.504. The molecule has 0 heterocycles. The second kappa shape index (κ2) is 5.18. The zero-order valence-corrected chi connectivity index (χ0v) is 11.4. The van der Waals surface area contributed by atoms with E-state index < -0.39 is 5.82 Å². The largest absolute Gasteiger partial charge is 0.294 e. The lowest BCUT2D eigenvalue weighted by atomic mass is 9.78. The highest BCUT2D eigenvalue weighted by molar-refractivity contribution is 6.30. The summed E-state index contributed by atoms with van der Waals surface area (Å²) >= 11 is 5.65. The van der Waals surface area contributed by atoms with E-state index in [0.29, 0.717) is 11.4 Å². The van der Waals surface area contributed by atoms with Gasteiger partial charge in [0.2, 0.25) is 0 Å². The molecule has 0 saturated heterocycles. The number of rotatable bonds is 3. The van der Waals surface area contributed by atoms with Crippen molar-refractivity contribution in [3.63, 3.8) is 0 Å². The molecule has 1 aromatic rings. The number of halogens is 2. The average Bonchev–Trinajstić information content (AvgIpc) is 2.15. The van der Waals surface area contributed by atoms with Gasteiger partial charge in [-0.2, -0.15) is 0 Å². The minimum absolute atomic E-state index is 0.0402. The smallest absolute Gasteiger partial charge is 0.166 e. The van der Waals surface area contributed by atoms with Gasteiger partial charge in [0.25, 0.3) is 0 Å². The molecule has 0 aliphatic carbocycles. The number of carbonyl (C=O) groups is 1. The van der Waals surface area contributed by atoms with Crippen LogP contribution in [-0.2, 0) is 0 Å². The van der Waals surface area contributed by atoms with Crippen LogP contribution in [0, 0.1) is 17.2 Å². The van der Waals surface area contributed by atoms with Crippen LogP contribution in [0.5, 0.6) is 0 Å². The summed E-state index contributed by atoms with van der Waals surface area (Å²) in [4.78, 5) is 12.0. The summed E-state index contributed by atoms with van der Waals surface area (Å²) in [6.07, 6.45) is 0.349. The van der Waals surface area contributed by atoms with E-state index in [1.807, 2.05) is 6.92 Å². The predicted molar refractivity (Wildman–Crippen MR) is 69.0 cm³/mol. The first kappa shape index (κ1) is 14.2. The minimum Gasteiger partial charge on any atom is -0.294 e. The SMILES string of the molecule is CC(CC(=O)c1ccc(Cl)cc1F)C(C)(C)C.